The number of urea groups is 1. The molecule has 0 unspecified atom stereocenters. The van der Waals surface area contributed by atoms with Gasteiger partial charge in [0.25, 0.3) is 0 Å². The molecule has 0 fully saturated rings. The van der Waals surface area contributed by atoms with Crippen LogP contribution < -0.4 is 20.1 Å². The van der Waals surface area contributed by atoms with Crippen molar-refractivity contribution in [3.05, 3.63) is 29.8 Å². The van der Waals surface area contributed by atoms with Crippen molar-refractivity contribution in [1.82, 2.24) is 5.32 Å². The molecule has 5 nitrogen and oxygen atoms in total. The number of ether oxygens (including phenoxy) is 2. The van der Waals surface area contributed by atoms with Crippen molar-refractivity contribution in [3.63, 3.8) is 0 Å². The van der Waals surface area contributed by atoms with Crippen LogP contribution in [0.5, 0.6) is 11.5 Å². The highest BCUT2D eigenvalue weighted by molar-refractivity contribution is 6.32. The third-order valence-electron chi connectivity index (χ3n) is 2.13. The van der Waals surface area contributed by atoms with Gasteiger partial charge in [0.2, 0.25) is 0 Å². The van der Waals surface area contributed by atoms with Crippen molar-refractivity contribution < 1.29 is 14.3 Å². The standard InChI is InChI=1S/C12H15ClN2O3/c1-4-5-14-12(16)15-9-6-8(13)10(17-2)7-11(9)18-3/h4,6-7H,1,5H2,2-3H3,(H2,14,15,16). The summed E-state index contributed by atoms with van der Waals surface area (Å²) in [5, 5.41) is 5.59. The summed E-state index contributed by atoms with van der Waals surface area (Å²) in [7, 11) is 3.00. The lowest BCUT2D eigenvalue weighted by atomic mass is 10.2. The molecular weight excluding hydrogens is 256 g/mol. The summed E-state index contributed by atoms with van der Waals surface area (Å²) >= 11 is 5.98. The number of carbonyl (C=O) groups is 1. The molecule has 0 bridgehead atoms. The Bertz CT molecular complexity index is 449. The van der Waals surface area contributed by atoms with E-state index in [1.165, 1.54) is 14.2 Å². The summed E-state index contributed by atoms with van der Waals surface area (Å²) in [6.07, 6.45) is 1.58. The van der Waals surface area contributed by atoms with E-state index in [0.717, 1.165) is 0 Å². The van der Waals surface area contributed by atoms with Crippen LogP contribution in [0.2, 0.25) is 5.02 Å². The first-order valence-corrected chi connectivity index (χ1v) is 5.57. The number of amides is 2. The van der Waals surface area contributed by atoms with Crippen LogP contribution in [0.3, 0.4) is 0 Å². The number of rotatable bonds is 5. The second-order valence-electron chi connectivity index (χ2n) is 3.31. The number of hydrogen-bond donors (Lipinski definition) is 2. The zero-order valence-corrected chi connectivity index (χ0v) is 11.0. The molecule has 0 atom stereocenters. The maximum atomic E-state index is 11.5. The number of carbonyl (C=O) groups excluding carboxylic acids is 1. The highest BCUT2D eigenvalue weighted by Gasteiger charge is 2.11. The topological polar surface area (TPSA) is 59.6 Å². The van der Waals surface area contributed by atoms with Gasteiger partial charge in [-0.2, -0.15) is 0 Å². The van der Waals surface area contributed by atoms with Crippen LogP contribution in [0.15, 0.2) is 24.8 Å². The minimum Gasteiger partial charge on any atom is -0.495 e. The van der Waals surface area contributed by atoms with Crippen LogP contribution in [0.1, 0.15) is 0 Å². The molecule has 98 valence electrons. The summed E-state index contributed by atoms with van der Waals surface area (Å²) < 4.78 is 10.2. The molecule has 6 heteroatoms. The van der Waals surface area contributed by atoms with E-state index in [-0.39, 0.29) is 6.03 Å². The van der Waals surface area contributed by atoms with Crippen molar-refractivity contribution in [2.75, 3.05) is 26.1 Å². The molecule has 0 saturated heterocycles. The summed E-state index contributed by atoms with van der Waals surface area (Å²) in [5.41, 5.74) is 0.463. The van der Waals surface area contributed by atoms with E-state index in [1.54, 1.807) is 18.2 Å². The van der Waals surface area contributed by atoms with Crippen molar-refractivity contribution in [2.24, 2.45) is 0 Å². The predicted molar refractivity (Wildman–Crippen MR) is 71.8 cm³/mol. The fraction of sp³-hybridized carbons (Fsp3) is 0.250. The number of anilines is 1. The quantitative estimate of drug-likeness (QED) is 0.809. The minimum atomic E-state index is -0.366. The van der Waals surface area contributed by atoms with E-state index in [9.17, 15) is 4.79 Å². The number of methoxy groups -OCH3 is 2. The zero-order valence-electron chi connectivity index (χ0n) is 10.2. The van der Waals surface area contributed by atoms with E-state index in [4.69, 9.17) is 21.1 Å². The van der Waals surface area contributed by atoms with Gasteiger partial charge in [0, 0.05) is 12.6 Å². The van der Waals surface area contributed by atoms with Gasteiger partial charge in [-0.15, -0.1) is 6.58 Å². The van der Waals surface area contributed by atoms with Gasteiger partial charge in [0.15, 0.2) is 0 Å². The van der Waals surface area contributed by atoms with Gasteiger partial charge >= 0.3 is 6.03 Å². The van der Waals surface area contributed by atoms with Gasteiger partial charge in [-0.1, -0.05) is 17.7 Å². The van der Waals surface area contributed by atoms with Gasteiger partial charge < -0.3 is 20.1 Å². The molecule has 1 rings (SSSR count). The zero-order chi connectivity index (χ0) is 13.5. The van der Waals surface area contributed by atoms with Gasteiger partial charge in [-0.3, -0.25) is 0 Å². The Morgan fingerprint density at radius 3 is 2.61 bits per heavy atom. The summed E-state index contributed by atoms with van der Waals surface area (Å²) in [4.78, 5) is 11.5. The lowest BCUT2D eigenvalue weighted by Gasteiger charge is -2.13. The van der Waals surface area contributed by atoms with Crippen LogP contribution in [-0.4, -0.2) is 26.8 Å². The number of halogens is 1. The second-order valence-corrected chi connectivity index (χ2v) is 3.72. The van der Waals surface area contributed by atoms with Gasteiger partial charge in [-0.05, 0) is 6.07 Å². The Morgan fingerprint density at radius 1 is 1.39 bits per heavy atom. The van der Waals surface area contributed by atoms with Crippen LogP contribution in [0.4, 0.5) is 10.5 Å². The highest BCUT2D eigenvalue weighted by Crippen LogP contribution is 2.35. The SMILES string of the molecule is C=CCNC(=O)Nc1cc(Cl)c(OC)cc1OC. The average Bonchev–Trinajstić information content (AvgIpc) is 2.36. The molecule has 1 aromatic rings. The van der Waals surface area contributed by atoms with Crippen molar-refractivity contribution in [1.29, 1.82) is 0 Å². The third kappa shape index (κ3) is 3.56. The maximum Gasteiger partial charge on any atom is 0.319 e. The molecule has 2 N–H and O–H groups in total. The Kier molecular flexibility index (Phi) is 5.32. The van der Waals surface area contributed by atoms with Crippen LogP contribution in [0, 0.1) is 0 Å². The van der Waals surface area contributed by atoms with Crippen LogP contribution in [-0.2, 0) is 0 Å². The fourth-order valence-electron chi connectivity index (χ4n) is 1.29. The Labute approximate surface area is 111 Å². The molecule has 18 heavy (non-hydrogen) atoms. The lowest BCUT2D eigenvalue weighted by Crippen LogP contribution is -2.28. The van der Waals surface area contributed by atoms with Gasteiger partial charge in [-0.25, -0.2) is 4.79 Å². The van der Waals surface area contributed by atoms with Crippen LogP contribution in [0.25, 0.3) is 0 Å². The fourth-order valence-corrected chi connectivity index (χ4v) is 1.53. The summed E-state index contributed by atoms with van der Waals surface area (Å²) in [6, 6.07) is 2.80. The lowest BCUT2D eigenvalue weighted by molar-refractivity contribution is 0.253. The van der Waals surface area contributed by atoms with E-state index in [1.807, 2.05) is 0 Å². The van der Waals surface area contributed by atoms with Gasteiger partial charge in [0.05, 0.1) is 24.9 Å². The normalized spacial score (nSPS) is 9.50. The summed E-state index contributed by atoms with van der Waals surface area (Å²) in [5.74, 6) is 0.940. The first-order valence-electron chi connectivity index (χ1n) is 5.19. The molecule has 0 radical (unpaired) electrons. The van der Waals surface area contributed by atoms with E-state index >= 15 is 0 Å². The Hall–Kier alpha value is -1.88. The van der Waals surface area contributed by atoms with E-state index in [0.29, 0.717) is 28.8 Å². The molecule has 0 saturated carbocycles. The van der Waals surface area contributed by atoms with Crippen molar-refractivity contribution in [2.45, 2.75) is 0 Å². The average molecular weight is 271 g/mol. The smallest absolute Gasteiger partial charge is 0.319 e. The number of benzene rings is 1. The molecule has 0 aliphatic rings. The molecule has 0 aliphatic heterocycles. The maximum absolute atomic E-state index is 11.5. The van der Waals surface area contributed by atoms with E-state index < -0.39 is 0 Å². The van der Waals surface area contributed by atoms with Crippen molar-refractivity contribution in [3.8, 4) is 11.5 Å². The molecule has 1 aromatic carbocycles. The molecule has 2 amide bonds. The minimum absolute atomic E-state index is 0.366. The number of nitrogens with one attached hydrogen (secondary N) is 2. The van der Waals surface area contributed by atoms with Crippen LogP contribution >= 0.6 is 11.6 Å². The monoisotopic (exact) mass is 270 g/mol. The Balaban J connectivity index is 2.90. The Morgan fingerprint density at radius 2 is 2.06 bits per heavy atom. The van der Waals surface area contributed by atoms with E-state index in [2.05, 4.69) is 17.2 Å². The molecule has 0 aliphatic carbocycles. The third-order valence-corrected chi connectivity index (χ3v) is 2.42. The first kappa shape index (κ1) is 14.2. The van der Waals surface area contributed by atoms with Crippen molar-refractivity contribution >= 4 is 23.3 Å². The molecule has 0 heterocycles. The summed E-state index contributed by atoms with van der Waals surface area (Å²) in [6.45, 7) is 3.88. The second kappa shape index (κ2) is 6.76. The highest BCUT2D eigenvalue weighted by atomic mass is 35.5. The molecule has 0 spiro atoms. The largest absolute Gasteiger partial charge is 0.495 e. The number of hydrogen-bond acceptors (Lipinski definition) is 3. The predicted octanol–water partition coefficient (Wildman–Crippen LogP) is 2.66. The molecule has 0 aromatic heterocycles. The molecular formula is C12H15ClN2O3. The van der Waals surface area contributed by atoms with Gasteiger partial charge in [0.1, 0.15) is 11.5 Å². The first-order chi connectivity index (χ1) is 8.62.